The number of aryl methyl sites for hydroxylation is 2. The third-order valence-electron chi connectivity index (χ3n) is 3.51. The molecule has 0 unspecified atom stereocenters. The fourth-order valence-electron chi connectivity index (χ4n) is 2.29. The largest absolute Gasteiger partial charge is 0.300 e. The normalized spacial score (nSPS) is 10.8. The van der Waals surface area contributed by atoms with Crippen LogP contribution in [-0.4, -0.2) is 15.6 Å². The van der Waals surface area contributed by atoms with Crippen LogP contribution >= 0.6 is 0 Å². The van der Waals surface area contributed by atoms with E-state index in [0.717, 1.165) is 24.8 Å². The van der Waals surface area contributed by atoms with Crippen LogP contribution in [0.15, 0.2) is 12.4 Å². The zero-order chi connectivity index (χ0) is 13.9. The van der Waals surface area contributed by atoms with Crippen molar-refractivity contribution in [2.45, 2.75) is 71.1 Å². The first-order chi connectivity index (χ1) is 9.22. The molecule has 0 amide bonds. The maximum absolute atomic E-state index is 11.7. The van der Waals surface area contributed by atoms with Crippen molar-refractivity contribution >= 4 is 5.78 Å². The first-order valence-electron chi connectivity index (χ1n) is 7.71. The molecule has 1 rings (SSSR count). The summed E-state index contributed by atoms with van der Waals surface area (Å²) in [5.41, 5.74) is 1.16. The van der Waals surface area contributed by atoms with Gasteiger partial charge in [0.25, 0.3) is 0 Å². The summed E-state index contributed by atoms with van der Waals surface area (Å²) in [5, 5.41) is 4.11. The molecule has 0 bridgehead atoms. The van der Waals surface area contributed by atoms with Crippen molar-refractivity contribution in [3.63, 3.8) is 0 Å². The lowest BCUT2D eigenvalue weighted by atomic mass is 10.0. The van der Waals surface area contributed by atoms with Gasteiger partial charge in [-0.2, -0.15) is 5.10 Å². The van der Waals surface area contributed by atoms with Crippen LogP contribution in [0, 0.1) is 0 Å². The van der Waals surface area contributed by atoms with Crippen molar-refractivity contribution in [1.29, 1.82) is 0 Å². The lowest BCUT2D eigenvalue weighted by Gasteiger charge is -2.01. The van der Waals surface area contributed by atoms with Gasteiger partial charge < -0.3 is 0 Å². The highest BCUT2D eigenvalue weighted by molar-refractivity contribution is 5.78. The average molecular weight is 264 g/mol. The number of aromatic nitrogens is 2. The van der Waals surface area contributed by atoms with Gasteiger partial charge in [-0.1, -0.05) is 45.4 Å². The summed E-state index contributed by atoms with van der Waals surface area (Å²) in [6.07, 6.45) is 15.0. The Morgan fingerprint density at radius 1 is 1.11 bits per heavy atom. The molecule has 0 aliphatic rings. The van der Waals surface area contributed by atoms with Crippen molar-refractivity contribution in [1.82, 2.24) is 9.78 Å². The smallest absolute Gasteiger partial charge is 0.133 e. The fraction of sp³-hybridized carbons (Fsp3) is 0.750. The summed E-state index contributed by atoms with van der Waals surface area (Å²) >= 11 is 0. The number of nitrogens with zero attached hydrogens (tertiary/aromatic N) is 2. The summed E-state index contributed by atoms with van der Waals surface area (Å²) < 4.78 is 1.79. The van der Waals surface area contributed by atoms with Crippen molar-refractivity contribution < 1.29 is 4.79 Å². The van der Waals surface area contributed by atoms with Crippen LogP contribution in [0.25, 0.3) is 0 Å². The molecule has 1 heterocycles. The Hall–Kier alpha value is -1.12. The monoisotopic (exact) mass is 264 g/mol. The molecule has 108 valence electrons. The van der Waals surface area contributed by atoms with E-state index in [1.165, 1.54) is 38.5 Å². The molecule has 0 spiro atoms. The maximum Gasteiger partial charge on any atom is 0.133 e. The molecule has 0 saturated carbocycles. The molecule has 0 aliphatic heterocycles. The van der Waals surface area contributed by atoms with Gasteiger partial charge in [0.2, 0.25) is 0 Å². The summed E-state index contributed by atoms with van der Waals surface area (Å²) in [5.74, 6) is 0.400. The fourth-order valence-corrected chi connectivity index (χ4v) is 2.29. The van der Waals surface area contributed by atoms with Gasteiger partial charge in [0, 0.05) is 26.1 Å². The summed E-state index contributed by atoms with van der Waals surface area (Å²) in [4.78, 5) is 11.7. The number of Topliss-reactive ketones (excluding diaryl/α,β-unsaturated/α-hetero) is 1. The summed E-state index contributed by atoms with van der Waals surface area (Å²) in [6, 6.07) is 0. The van der Waals surface area contributed by atoms with Crippen LogP contribution in [0.1, 0.15) is 70.3 Å². The number of carbonyl (C=O) groups is 1. The third-order valence-corrected chi connectivity index (χ3v) is 3.51. The van der Waals surface area contributed by atoms with E-state index >= 15 is 0 Å². The molecule has 0 atom stereocenters. The molecule has 3 nitrogen and oxygen atoms in total. The molecule has 1 aromatic heterocycles. The SMILES string of the molecule is CCCCCCCCCC(=O)CCc1cnn(C)c1. The second-order valence-electron chi connectivity index (χ2n) is 5.43. The number of hydrogen-bond donors (Lipinski definition) is 0. The van der Waals surface area contributed by atoms with Crippen molar-refractivity contribution in [3.8, 4) is 0 Å². The Bertz CT molecular complexity index is 357. The van der Waals surface area contributed by atoms with E-state index in [1.807, 2.05) is 19.4 Å². The van der Waals surface area contributed by atoms with E-state index in [1.54, 1.807) is 4.68 Å². The van der Waals surface area contributed by atoms with Gasteiger partial charge in [-0.15, -0.1) is 0 Å². The van der Waals surface area contributed by atoms with E-state index < -0.39 is 0 Å². The Morgan fingerprint density at radius 3 is 2.42 bits per heavy atom. The van der Waals surface area contributed by atoms with Crippen LogP contribution in [0.3, 0.4) is 0 Å². The summed E-state index contributed by atoms with van der Waals surface area (Å²) in [6.45, 7) is 2.24. The Labute approximate surface area is 117 Å². The number of ketones is 1. The minimum absolute atomic E-state index is 0.400. The molecule has 0 saturated heterocycles. The molecule has 0 radical (unpaired) electrons. The van der Waals surface area contributed by atoms with Crippen LogP contribution in [0.5, 0.6) is 0 Å². The standard InChI is InChI=1S/C16H28N2O/c1-3-4-5-6-7-8-9-10-16(19)12-11-15-13-17-18(2)14-15/h13-14H,3-12H2,1-2H3. The van der Waals surface area contributed by atoms with Gasteiger partial charge in [0.05, 0.1) is 6.20 Å². The Morgan fingerprint density at radius 2 is 1.79 bits per heavy atom. The molecule has 1 aromatic rings. The predicted molar refractivity (Wildman–Crippen MR) is 79.1 cm³/mol. The van der Waals surface area contributed by atoms with E-state index in [4.69, 9.17) is 0 Å². The molecule has 19 heavy (non-hydrogen) atoms. The van der Waals surface area contributed by atoms with Crippen LogP contribution in [0.2, 0.25) is 0 Å². The van der Waals surface area contributed by atoms with Crippen LogP contribution in [0.4, 0.5) is 0 Å². The Balaban J connectivity index is 1.96. The minimum Gasteiger partial charge on any atom is -0.300 e. The summed E-state index contributed by atoms with van der Waals surface area (Å²) in [7, 11) is 1.91. The van der Waals surface area contributed by atoms with Gasteiger partial charge in [0.1, 0.15) is 5.78 Å². The van der Waals surface area contributed by atoms with Crippen molar-refractivity contribution in [2.75, 3.05) is 0 Å². The van der Waals surface area contributed by atoms with E-state index in [2.05, 4.69) is 12.0 Å². The molecule has 0 aromatic carbocycles. The van der Waals surface area contributed by atoms with Gasteiger partial charge in [-0.25, -0.2) is 0 Å². The maximum atomic E-state index is 11.7. The first kappa shape index (κ1) is 15.9. The molecule has 0 fully saturated rings. The second-order valence-corrected chi connectivity index (χ2v) is 5.43. The zero-order valence-corrected chi connectivity index (χ0v) is 12.5. The van der Waals surface area contributed by atoms with E-state index in [-0.39, 0.29) is 0 Å². The third kappa shape index (κ3) is 7.81. The van der Waals surface area contributed by atoms with Gasteiger partial charge in [0.15, 0.2) is 0 Å². The van der Waals surface area contributed by atoms with Crippen molar-refractivity contribution in [2.24, 2.45) is 7.05 Å². The van der Waals surface area contributed by atoms with Gasteiger partial charge in [-0.3, -0.25) is 9.48 Å². The molecule has 0 aliphatic carbocycles. The number of hydrogen-bond acceptors (Lipinski definition) is 2. The molecular weight excluding hydrogens is 236 g/mol. The minimum atomic E-state index is 0.400. The molecule has 3 heteroatoms. The number of carbonyl (C=O) groups excluding carboxylic acids is 1. The van der Waals surface area contributed by atoms with Crippen LogP contribution in [-0.2, 0) is 18.3 Å². The first-order valence-corrected chi connectivity index (χ1v) is 7.71. The molecule has 0 N–H and O–H groups in total. The lowest BCUT2D eigenvalue weighted by Crippen LogP contribution is -1.99. The highest BCUT2D eigenvalue weighted by Crippen LogP contribution is 2.10. The van der Waals surface area contributed by atoms with E-state index in [9.17, 15) is 4.79 Å². The predicted octanol–water partition coefficient (Wildman–Crippen LogP) is 4.06. The van der Waals surface area contributed by atoms with E-state index in [0.29, 0.717) is 12.2 Å². The van der Waals surface area contributed by atoms with Crippen LogP contribution < -0.4 is 0 Å². The lowest BCUT2D eigenvalue weighted by molar-refractivity contribution is -0.119. The average Bonchev–Trinajstić information content (AvgIpc) is 2.81. The van der Waals surface area contributed by atoms with Crippen molar-refractivity contribution in [3.05, 3.63) is 18.0 Å². The topological polar surface area (TPSA) is 34.9 Å². The zero-order valence-electron chi connectivity index (χ0n) is 12.5. The second kappa shape index (κ2) is 9.76. The highest BCUT2D eigenvalue weighted by atomic mass is 16.1. The Kier molecular flexibility index (Phi) is 8.19. The highest BCUT2D eigenvalue weighted by Gasteiger charge is 2.04. The quantitative estimate of drug-likeness (QED) is 0.565. The van der Waals surface area contributed by atoms with Gasteiger partial charge in [-0.05, 0) is 18.4 Å². The number of unbranched alkanes of at least 4 members (excludes halogenated alkanes) is 6. The number of rotatable bonds is 11. The molecular formula is C16H28N2O. The van der Waals surface area contributed by atoms with Gasteiger partial charge >= 0.3 is 0 Å².